The number of rotatable bonds is 13. The summed E-state index contributed by atoms with van der Waals surface area (Å²) in [6.07, 6.45) is 5.48. The van der Waals surface area contributed by atoms with E-state index in [4.69, 9.17) is 18.9 Å². The summed E-state index contributed by atoms with van der Waals surface area (Å²) in [7, 11) is 3.10. The number of para-hydroxylation sites is 1. The third-order valence-electron chi connectivity index (χ3n) is 8.26. The Morgan fingerprint density at radius 2 is 1.71 bits per heavy atom. The Morgan fingerprint density at radius 1 is 0.938 bits per heavy atom. The summed E-state index contributed by atoms with van der Waals surface area (Å²) in [5.74, 6) is 1.61. The SMILES string of the molecule is COc1cccc(CN(C(=O)Oc2c(C)cc(C)cc2C)c2ccnc(Nc3ccc(OCCCN4CCCCC4)c(F)c3)n2)c1OC. The van der Waals surface area contributed by atoms with Crippen molar-refractivity contribution in [1.29, 1.82) is 0 Å². The van der Waals surface area contributed by atoms with Gasteiger partial charge in [-0.2, -0.15) is 4.98 Å². The summed E-state index contributed by atoms with van der Waals surface area (Å²) in [6, 6.07) is 15.6. The predicted octanol–water partition coefficient (Wildman–Crippen LogP) is 7.76. The molecule has 4 aromatic rings. The van der Waals surface area contributed by atoms with Crippen LogP contribution in [0.2, 0.25) is 0 Å². The van der Waals surface area contributed by atoms with Crippen molar-refractivity contribution in [3.63, 3.8) is 0 Å². The lowest BCUT2D eigenvalue weighted by Crippen LogP contribution is -2.34. The van der Waals surface area contributed by atoms with Crippen LogP contribution in [0.3, 0.4) is 0 Å². The van der Waals surface area contributed by atoms with Crippen LogP contribution in [0.15, 0.2) is 60.8 Å². The Labute approximate surface area is 281 Å². The first-order valence-corrected chi connectivity index (χ1v) is 16.3. The molecule has 1 saturated heterocycles. The van der Waals surface area contributed by atoms with Crippen molar-refractivity contribution in [2.75, 3.05) is 50.7 Å². The van der Waals surface area contributed by atoms with Gasteiger partial charge in [0.2, 0.25) is 5.95 Å². The van der Waals surface area contributed by atoms with Gasteiger partial charge in [0.1, 0.15) is 11.6 Å². The first-order chi connectivity index (χ1) is 23.2. The van der Waals surface area contributed by atoms with Gasteiger partial charge in [-0.25, -0.2) is 14.2 Å². The lowest BCUT2D eigenvalue weighted by Gasteiger charge is -2.26. The zero-order chi connectivity index (χ0) is 34.0. The number of halogens is 1. The lowest BCUT2D eigenvalue weighted by molar-refractivity contribution is 0.203. The average Bonchev–Trinajstić information content (AvgIpc) is 3.08. The number of hydrogen-bond donors (Lipinski definition) is 1. The van der Waals surface area contributed by atoms with Crippen molar-refractivity contribution in [1.82, 2.24) is 14.9 Å². The Bertz CT molecular complexity index is 1690. The molecular weight excluding hydrogens is 613 g/mol. The van der Waals surface area contributed by atoms with E-state index in [9.17, 15) is 4.79 Å². The lowest BCUT2D eigenvalue weighted by atomic mass is 10.1. The molecule has 48 heavy (non-hydrogen) atoms. The predicted molar refractivity (Wildman–Crippen MR) is 185 cm³/mol. The topological polar surface area (TPSA) is 98.3 Å². The maximum Gasteiger partial charge on any atom is 0.421 e. The maximum absolute atomic E-state index is 15.0. The summed E-state index contributed by atoms with van der Waals surface area (Å²) >= 11 is 0. The minimum Gasteiger partial charge on any atom is -0.493 e. The molecule has 1 N–H and O–H groups in total. The van der Waals surface area contributed by atoms with Crippen molar-refractivity contribution >= 4 is 23.5 Å². The van der Waals surface area contributed by atoms with Crippen LogP contribution in [0.4, 0.5) is 26.6 Å². The summed E-state index contributed by atoms with van der Waals surface area (Å²) in [5.41, 5.74) is 3.84. The van der Waals surface area contributed by atoms with E-state index < -0.39 is 11.9 Å². The molecule has 11 heteroatoms. The highest BCUT2D eigenvalue weighted by atomic mass is 19.1. The molecule has 0 spiro atoms. The highest BCUT2D eigenvalue weighted by molar-refractivity contribution is 5.88. The second-order valence-electron chi connectivity index (χ2n) is 11.9. The standard InChI is InChI=1S/C37H44FN5O5/c1-25-21-26(2)34(27(3)22-25)48-37(44)43(24-28-11-9-12-32(45-4)35(28)46-5)33-15-16-39-36(41-33)40-29-13-14-31(30(38)23-29)47-20-10-19-42-17-7-6-8-18-42/h9,11-16,21-23H,6-8,10,17-20,24H2,1-5H3,(H,39,40,41). The van der Waals surface area contributed by atoms with E-state index >= 15 is 4.39 Å². The molecule has 0 bridgehead atoms. The van der Waals surface area contributed by atoms with E-state index in [1.54, 1.807) is 38.5 Å². The van der Waals surface area contributed by atoms with Crippen LogP contribution in [0.5, 0.6) is 23.0 Å². The van der Waals surface area contributed by atoms with Gasteiger partial charge in [0.05, 0.1) is 27.4 Å². The quantitative estimate of drug-likeness (QED) is 0.145. The molecular formula is C37H44FN5O5. The van der Waals surface area contributed by atoms with Crippen LogP contribution in [0, 0.1) is 26.6 Å². The number of ether oxygens (including phenoxy) is 4. The number of nitrogens with zero attached hydrogens (tertiary/aromatic N) is 4. The van der Waals surface area contributed by atoms with Gasteiger partial charge in [-0.1, -0.05) is 36.2 Å². The molecule has 0 radical (unpaired) electrons. The highest BCUT2D eigenvalue weighted by Crippen LogP contribution is 2.33. The molecule has 10 nitrogen and oxygen atoms in total. The number of anilines is 3. The van der Waals surface area contributed by atoms with E-state index in [1.807, 2.05) is 45.0 Å². The zero-order valence-electron chi connectivity index (χ0n) is 28.3. The minimum absolute atomic E-state index is 0.0536. The van der Waals surface area contributed by atoms with Crippen molar-refractivity contribution in [3.8, 4) is 23.0 Å². The maximum atomic E-state index is 15.0. The number of methoxy groups -OCH3 is 2. The number of piperidine rings is 1. The van der Waals surface area contributed by atoms with Crippen LogP contribution in [-0.2, 0) is 6.54 Å². The van der Waals surface area contributed by atoms with Gasteiger partial charge in [0.15, 0.2) is 23.1 Å². The van der Waals surface area contributed by atoms with E-state index in [2.05, 4.69) is 20.2 Å². The normalized spacial score (nSPS) is 13.1. The largest absolute Gasteiger partial charge is 0.493 e. The summed E-state index contributed by atoms with van der Waals surface area (Å²) in [5, 5.41) is 3.05. The van der Waals surface area contributed by atoms with Gasteiger partial charge in [0.25, 0.3) is 0 Å². The molecule has 1 amide bonds. The number of amides is 1. The molecule has 2 heterocycles. The van der Waals surface area contributed by atoms with E-state index in [1.165, 1.54) is 36.4 Å². The molecule has 5 rings (SSSR count). The van der Waals surface area contributed by atoms with Crippen LogP contribution in [0.25, 0.3) is 0 Å². The van der Waals surface area contributed by atoms with Crippen molar-refractivity contribution in [2.24, 2.45) is 0 Å². The van der Waals surface area contributed by atoms with Gasteiger partial charge >= 0.3 is 6.09 Å². The zero-order valence-corrected chi connectivity index (χ0v) is 28.3. The van der Waals surface area contributed by atoms with Gasteiger partial charge in [-0.3, -0.25) is 4.90 Å². The molecule has 0 atom stereocenters. The summed E-state index contributed by atoms with van der Waals surface area (Å²) < 4.78 is 37.8. The van der Waals surface area contributed by atoms with E-state index in [0.717, 1.165) is 42.7 Å². The third-order valence-corrected chi connectivity index (χ3v) is 8.26. The fourth-order valence-electron chi connectivity index (χ4n) is 6.00. The number of hydrogen-bond acceptors (Lipinski definition) is 9. The van der Waals surface area contributed by atoms with Gasteiger partial charge in [-0.05, 0) is 88.5 Å². The fraction of sp³-hybridized carbons (Fsp3) is 0.378. The van der Waals surface area contributed by atoms with Crippen LogP contribution in [0.1, 0.15) is 47.9 Å². The first-order valence-electron chi connectivity index (χ1n) is 16.3. The number of aromatic nitrogens is 2. The first kappa shape index (κ1) is 34.4. The molecule has 1 aromatic heterocycles. The Kier molecular flexibility index (Phi) is 11.7. The van der Waals surface area contributed by atoms with Gasteiger partial charge in [-0.15, -0.1) is 0 Å². The second-order valence-corrected chi connectivity index (χ2v) is 11.9. The van der Waals surface area contributed by atoms with E-state index in [0.29, 0.717) is 35.1 Å². The van der Waals surface area contributed by atoms with Gasteiger partial charge < -0.3 is 29.2 Å². The van der Waals surface area contributed by atoms with Crippen molar-refractivity contribution in [2.45, 2.75) is 53.0 Å². The third kappa shape index (κ3) is 8.71. The smallest absolute Gasteiger partial charge is 0.421 e. The number of carbonyl (C=O) groups excluding carboxylic acids is 1. The number of carbonyl (C=O) groups is 1. The van der Waals surface area contributed by atoms with Crippen LogP contribution >= 0.6 is 0 Å². The molecule has 0 unspecified atom stereocenters. The molecule has 0 aliphatic carbocycles. The number of benzene rings is 3. The molecule has 1 fully saturated rings. The summed E-state index contributed by atoms with van der Waals surface area (Å²) in [4.78, 5) is 26.7. The molecule has 3 aromatic carbocycles. The van der Waals surface area contributed by atoms with Crippen LogP contribution < -0.4 is 29.2 Å². The number of aryl methyl sites for hydroxylation is 3. The Balaban J connectivity index is 1.34. The molecule has 254 valence electrons. The van der Waals surface area contributed by atoms with Crippen molar-refractivity contribution in [3.05, 3.63) is 88.9 Å². The Morgan fingerprint density at radius 3 is 2.42 bits per heavy atom. The van der Waals surface area contributed by atoms with Crippen LogP contribution in [-0.4, -0.2) is 61.4 Å². The fourth-order valence-corrected chi connectivity index (χ4v) is 6.00. The van der Waals surface area contributed by atoms with Crippen molar-refractivity contribution < 1.29 is 28.1 Å². The van der Waals surface area contributed by atoms with Gasteiger partial charge in [0, 0.05) is 30.1 Å². The summed E-state index contributed by atoms with van der Waals surface area (Å²) in [6.45, 7) is 9.48. The minimum atomic E-state index is -0.646. The Hall–Kier alpha value is -4.90. The highest BCUT2D eigenvalue weighted by Gasteiger charge is 2.25. The molecule has 0 saturated carbocycles. The van der Waals surface area contributed by atoms with E-state index in [-0.39, 0.29) is 24.1 Å². The second kappa shape index (κ2) is 16.3. The average molecular weight is 658 g/mol. The molecule has 1 aliphatic rings. The molecule has 1 aliphatic heterocycles. The number of nitrogens with one attached hydrogen (secondary N) is 1. The monoisotopic (exact) mass is 657 g/mol. The number of likely N-dealkylation sites (tertiary alicyclic amines) is 1.